The molecule has 0 radical (unpaired) electrons. The Morgan fingerprint density at radius 3 is 2.41 bits per heavy atom. The van der Waals surface area contributed by atoms with Gasteiger partial charge < -0.3 is 9.73 Å². The van der Waals surface area contributed by atoms with E-state index in [1.807, 2.05) is 18.7 Å². The summed E-state index contributed by atoms with van der Waals surface area (Å²) in [6.45, 7) is 4.31. The second-order valence-corrected chi connectivity index (χ2v) is 6.82. The Bertz CT molecular complexity index is 987. The molecule has 0 aliphatic carbocycles. The van der Waals surface area contributed by atoms with Crippen LogP contribution in [0.15, 0.2) is 53.1 Å². The van der Waals surface area contributed by atoms with E-state index in [0.29, 0.717) is 11.3 Å². The Labute approximate surface area is 166 Å². The third-order valence-corrected chi connectivity index (χ3v) is 4.34. The van der Waals surface area contributed by atoms with Gasteiger partial charge in [-0.2, -0.15) is 0 Å². The fraction of sp³-hybridized carbons (Fsp3) is 0.238. The van der Waals surface area contributed by atoms with Crippen LogP contribution in [0.25, 0.3) is 0 Å². The summed E-state index contributed by atoms with van der Waals surface area (Å²) in [5.74, 6) is -1.87. The van der Waals surface area contributed by atoms with E-state index in [1.165, 1.54) is 42.7 Å². The van der Waals surface area contributed by atoms with Crippen molar-refractivity contribution in [3.8, 4) is 0 Å². The van der Waals surface area contributed by atoms with Crippen molar-refractivity contribution in [3.05, 3.63) is 83.3 Å². The Kier molecular flexibility index (Phi) is 6.33. The third kappa shape index (κ3) is 5.45. The molecule has 0 fully saturated rings. The number of anilines is 1. The lowest BCUT2D eigenvalue weighted by molar-refractivity contribution is 0.102. The summed E-state index contributed by atoms with van der Waals surface area (Å²) in [7, 11) is 0. The zero-order valence-electron chi connectivity index (χ0n) is 16.0. The molecular formula is C21H20F3N3O2. The number of carbonyl (C=O) groups excluding carboxylic acids is 1. The predicted molar refractivity (Wildman–Crippen MR) is 102 cm³/mol. The summed E-state index contributed by atoms with van der Waals surface area (Å²) in [4.78, 5) is 18.3. The second kappa shape index (κ2) is 8.91. The topological polar surface area (TPSA) is 58.4 Å². The summed E-state index contributed by atoms with van der Waals surface area (Å²) in [6.07, 6.45) is 1.23. The molecular weight excluding hydrogens is 383 g/mol. The van der Waals surface area contributed by atoms with Gasteiger partial charge in [-0.1, -0.05) is 6.07 Å². The highest BCUT2D eigenvalue weighted by molar-refractivity contribution is 6.02. The van der Waals surface area contributed by atoms with Gasteiger partial charge >= 0.3 is 0 Å². The van der Waals surface area contributed by atoms with E-state index in [4.69, 9.17) is 4.42 Å². The molecule has 1 amide bonds. The smallest absolute Gasteiger partial charge is 0.277 e. The zero-order chi connectivity index (χ0) is 21.0. The lowest BCUT2D eigenvalue weighted by atomic mass is 10.1. The minimum Gasteiger partial charge on any atom is -0.447 e. The standard InChI is InChI=1S/C21H20F3N3O2/c1-13(2)27(10-14-3-4-16(23)9-18(14)24)11-20-26-19(12-29-20)21(28)25-17-7-5-15(22)6-8-17/h3-9,12-13H,10-11H2,1-2H3,(H,25,28). The first-order valence-corrected chi connectivity index (χ1v) is 9.01. The summed E-state index contributed by atoms with van der Waals surface area (Å²) >= 11 is 0. The van der Waals surface area contributed by atoms with E-state index >= 15 is 0 Å². The zero-order valence-corrected chi connectivity index (χ0v) is 16.0. The SMILES string of the molecule is CC(C)N(Cc1nc(C(=O)Nc2ccc(F)cc2)co1)Cc1ccc(F)cc1F. The predicted octanol–water partition coefficient (Wildman–Crippen LogP) is 4.75. The van der Waals surface area contributed by atoms with Crippen molar-refractivity contribution in [2.75, 3.05) is 5.32 Å². The number of benzene rings is 2. The molecule has 1 N–H and O–H groups in total. The molecule has 0 saturated carbocycles. The van der Waals surface area contributed by atoms with Crippen molar-refractivity contribution in [1.29, 1.82) is 0 Å². The van der Waals surface area contributed by atoms with Crippen molar-refractivity contribution in [2.45, 2.75) is 33.0 Å². The molecule has 0 bridgehead atoms. The molecule has 0 aliphatic heterocycles. The number of hydrogen-bond acceptors (Lipinski definition) is 4. The molecule has 0 aliphatic rings. The van der Waals surface area contributed by atoms with Gasteiger partial charge in [-0.3, -0.25) is 9.69 Å². The van der Waals surface area contributed by atoms with Crippen LogP contribution in [0, 0.1) is 17.5 Å². The van der Waals surface area contributed by atoms with Gasteiger partial charge in [0, 0.05) is 29.9 Å². The number of hydrogen-bond donors (Lipinski definition) is 1. The number of nitrogens with zero attached hydrogens (tertiary/aromatic N) is 2. The van der Waals surface area contributed by atoms with Crippen LogP contribution in [-0.4, -0.2) is 21.8 Å². The van der Waals surface area contributed by atoms with Crippen LogP contribution in [0.5, 0.6) is 0 Å². The summed E-state index contributed by atoms with van der Waals surface area (Å²) in [5, 5.41) is 2.60. The molecule has 8 heteroatoms. The van der Waals surface area contributed by atoms with Crippen molar-refractivity contribution < 1.29 is 22.4 Å². The van der Waals surface area contributed by atoms with Crippen LogP contribution < -0.4 is 5.32 Å². The highest BCUT2D eigenvalue weighted by Gasteiger charge is 2.18. The van der Waals surface area contributed by atoms with Crippen molar-refractivity contribution in [2.24, 2.45) is 0 Å². The van der Waals surface area contributed by atoms with E-state index in [0.717, 1.165) is 6.07 Å². The van der Waals surface area contributed by atoms with Crippen molar-refractivity contribution >= 4 is 11.6 Å². The van der Waals surface area contributed by atoms with Crippen LogP contribution in [-0.2, 0) is 13.1 Å². The van der Waals surface area contributed by atoms with E-state index in [1.54, 1.807) is 0 Å². The van der Waals surface area contributed by atoms with E-state index in [9.17, 15) is 18.0 Å². The highest BCUT2D eigenvalue weighted by Crippen LogP contribution is 2.17. The minimum absolute atomic E-state index is 0.0165. The average molecular weight is 403 g/mol. The molecule has 0 atom stereocenters. The van der Waals surface area contributed by atoms with Gasteiger partial charge in [0.15, 0.2) is 5.69 Å². The average Bonchev–Trinajstić information content (AvgIpc) is 3.14. The molecule has 0 saturated heterocycles. The molecule has 2 aromatic carbocycles. The van der Waals surface area contributed by atoms with Gasteiger partial charge in [0.2, 0.25) is 5.89 Å². The first kappa shape index (κ1) is 20.6. The number of nitrogens with one attached hydrogen (secondary N) is 1. The number of oxazole rings is 1. The molecule has 0 unspecified atom stereocenters. The van der Waals surface area contributed by atoms with E-state index in [-0.39, 0.29) is 30.7 Å². The number of amides is 1. The van der Waals surface area contributed by atoms with Crippen LogP contribution >= 0.6 is 0 Å². The maximum Gasteiger partial charge on any atom is 0.277 e. The minimum atomic E-state index is -0.633. The van der Waals surface area contributed by atoms with Gasteiger partial charge in [-0.05, 0) is 44.2 Å². The summed E-state index contributed by atoms with van der Waals surface area (Å²) in [5.41, 5.74) is 0.846. The molecule has 0 spiro atoms. The molecule has 3 aromatic rings. The van der Waals surface area contributed by atoms with Crippen molar-refractivity contribution in [1.82, 2.24) is 9.88 Å². The molecule has 1 heterocycles. The van der Waals surface area contributed by atoms with E-state index in [2.05, 4.69) is 10.3 Å². The normalized spacial score (nSPS) is 11.3. The van der Waals surface area contributed by atoms with Crippen LogP contribution in [0.3, 0.4) is 0 Å². The number of rotatable bonds is 7. The number of halogens is 3. The monoisotopic (exact) mass is 403 g/mol. The van der Waals surface area contributed by atoms with Crippen LogP contribution in [0.4, 0.5) is 18.9 Å². The van der Waals surface area contributed by atoms with E-state index < -0.39 is 23.4 Å². The molecule has 29 heavy (non-hydrogen) atoms. The van der Waals surface area contributed by atoms with Gasteiger partial charge in [-0.25, -0.2) is 18.2 Å². The first-order valence-electron chi connectivity index (χ1n) is 9.01. The Morgan fingerprint density at radius 1 is 1.07 bits per heavy atom. The Morgan fingerprint density at radius 2 is 1.76 bits per heavy atom. The fourth-order valence-electron chi connectivity index (χ4n) is 2.68. The van der Waals surface area contributed by atoms with Crippen LogP contribution in [0.2, 0.25) is 0 Å². The van der Waals surface area contributed by atoms with Gasteiger partial charge in [0.1, 0.15) is 23.7 Å². The van der Waals surface area contributed by atoms with Gasteiger partial charge in [-0.15, -0.1) is 0 Å². The third-order valence-electron chi connectivity index (χ3n) is 4.34. The molecule has 1 aromatic heterocycles. The number of aromatic nitrogens is 1. The highest BCUT2D eigenvalue weighted by atomic mass is 19.1. The quantitative estimate of drug-likeness (QED) is 0.618. The molecule has 3 rings (SSSR count). The summed E-state index contributed by atoms with van der Waals surface area (Å²) in [6, 6.07) is 8.81. The summed E-state index contributed by atoms with van der Waals surface area (Å²) < 4.78 is 45.4. The second-order valence-electron chi connectivity index (χ2n) is 6.82. The maximum absolute atomic E-state index is 14.0. The van der Waals surface area contributed by atoms with Gasteiger partial charge in [0.05, 0.1) is 6.54 Å². The van der Waals surface area contributed by atoms with Crippen LogP contribution in [0.1, 0.15) is 35.8 Å². The Hall–Kier alpha value is -3.13. The molecule has 152 valence electrons. The van der Waals surface area contributed by atoms with Gasteiger partial charge in [0.25, 0.3) is 5.91 Å². The maximum atomic E-state index is 14.0. The lowest BCUT2D eigenvalue weighted by Crippen LogP contribution is -2.30. The largest absolute Gasteiger partial charge is 0.447 e. The molecule has 5 nitrogen and oxygen atoms in total. The number of carbonyl (C=O) groups is 1. The van der Waals surface area contributed by atoms with Crippen molar-refractivity contribution in [3.63, 3.8) is 0 Å². The lowest BCUT2D eigenvalue weighted by Gasteiger charge is -2.25. The first-order chi connectivity index (χ1) is 13.8. The Balaban J connectivity index is 1.67. The fourth-order valence-corrected chi connectivity index (χ4v) is 2.68.